The van der Waals surface area contributed by atoms with E-state index in [4.69, 9.17) is 0 Å². The van der Waals surface area contributed by atoms with Gasteiger partial charge in [-0.1, -0.05) is 6.07 Å². The van der Waals surface area contributed by atoms with Crippen LogP contribution in [0.3, 0.4) is 0 Å². The van der Waals surface area contributed by atoms with Gasteiger partial charge in [-0.3, -0.25) is 0 Å². The number of nitrogens with zero attached hydrogens (tertiary/aromatic N) is 1. The van der Waals surface area contributed by atoms with Crippen molar-refractivity contribution in [2.24, 2.45) is 0 Å². The Morgan fingerprint density at radius 1 is 1.09 bits per heavy atom. The molecule has 15 heteroatoms. The van der Waals surface area contributed by atoms with Gasteiger partial charge in [-0.15, -0.1) is 0 Å². The molecule has 0 spiro atoms. The van der Waals surface area contributed by atoms with Gasteiger partial charge in [0.05, 0.1) is 4.90 Å². The lowest BCUT2D eigenvalue weighted by Gasteiger charge is -2.33. The number of ether oxygens (including phenoxy) is 1. The second-order valence-electron chi connectivity index (χ2n) is 7.01. The normalized spacial score (nSPS) is 16.1. The molecule has 1 saturated heterocycles. The Morgan fingerprint density at radius 3 is 2.16 bits per heavy atom. The van der Waals surface area contributed by atoms with Crippen molar-refractivity contribution in [2.75, 3.05) is 24.7 Å². The van der Waals surface area contributed by atoms with Crippen LogP contribution in [0.2, 0.25) is 0 Å². The van der Waals surface area contributed by atoms with Crippen LogP contribution in [0.15, 0.2) is 29.2 Å². The van der Waals surface area contributed by atoms with E-state index in [1.807, 2.05) is 0 Å². The van der Waals surface area contributed by atoms with Gasteiger partial charge in [0.1, 0.15) is 0 Å². The first-order valence-corrected chi connectivity index (χ1v) is 10.9. The first kappa shape index (κ1) is 25.5. The Hall–Kier alpha value is -2.71. The maximum absolute atomic E-state index is 12.5. The summed E-state index contributed by atoms with van der Waals surface area (Å²) < 4.78 is 102. The zero-order valence-electron chi connectivity index (χ0n) is 16.5. The molecule has 1 heterocycles. The van der Waals surface area contributed by atoms with Crippen molar-refractivity contribution >= 4 is 27.6 Å². The summed E-state index contributed by atoms with van der Waals surface area (Å²) in [7, 11) is -3.49. The molecule has 1 fully saturated rings. The Bertz CT molecular complexity index is 929. The maximum atomic E-state index is 12.5. The zero-order chi connectivity index (χ0) is 24.3. The SMILES string of the molecule is CS(=O)(=O)c1cccc(NC(=O)NC2CCN(C(=O)OC(C(F)(F)F)C(F)(F)F)CC2)c1. The van der Waals surface area contributed by atoms with Crippen LogP contribution in [0.5, 0.6) is 0 Å². The smallest absolute Gasteiger partial charge is 0.426 e. The molecule has 8 nitrogen and oxygen atoms in total. The first-order chi connectivity index (χ1) is 14.6. The molecule has 0 atom stereocenters. The monoisotopic (exact) mass is 491 g/mol. The fourth-order valence-electron chi connectivity index (χ4n) is 2.86. The van der Waals surface area contributed by atoms with Crippen LogP contribution in [0.1, 0.15) is 12.8 Å². The van der Waals surface area contributed by atoms with Gasteiger partial charge in [0.2, 0.25) is 0 Å². The molecular formula is C17H19F6N3O5S. The second-order valence-corrected chi connectivity index (χ2v) is 9.02. The molecule has 0 radical (unpaired) electrons. The number of sulfone groups is 1. The third-order valence-corrected chi connectivity index (χ3v) is 5.53. The number of anilines is 1. The number of urea groups is 1. The van der Waals surface area contributed by atoms with Crippen LogP contribution in [-0.2, 0) is 14.6 Å². The molecular weight excluding hydrogens is 472 g/mol. The van der Waals surface area contributed by atoms with E-state index in [-0.39, 0.29) is 36.5 Å². The van der Waals surface area contributed by atoms with Crippen LogP contribution in [-0.4, -0.2) is 69.3 Å². The van der Waals surface area contributed by atoms with Crippen molar-refractivity contribution in [1.29, 1.82) is 0 Å². The summed E-state index contributed by atoms with van der Waals surface area (Å²) in [6.07, 6.45) is -16.5. The molecule has 1 aromatic rings. The molecule has 0 unspecified atom stereocenters. The maximum Gasteiger partial charge on any atom is 0.434 e. The molecule has 2 N–H and O–H groups in total. The highest BCUT2D eigenvalue weighted by Crippen LogP contribution is 2.36. The highest BCUT2D eigenvalue weighted by Gasteiger charge is 2.60. The Balaban J connectivity index is 1.87. The average Bonchev–Trinajstić information content (AvgIpc) is 2.64. The predicted molar refractivity (Wildman–Crippen MR) is 98.7 cm³/mol. The van der Waals surface area contributed by atoms with Crippen molar-refractivity contribution in [3.63, 3.8) is 0 Å². The molecule has 1 aromatic carbocycles. The minimum atomic E-state index is -5.81. The molecule has 0 aliphatic carbocycles. The lowest BCUT2D eigenvalue weighted by molar-refractivity contribution is -0.308. The van der Waals surface area contributed by atoms with Crippen LogP contribution >= 0.6 is 0 Å². The number of rotatable bonds is 4. The van der Waals surface area contributed by atoms with Gasteiger partial charge in [0, 0.05) is 31.1 Å². The fraction of sp³-hybridized carbons (Fsp3) is 0.529. The van der Waals surface area contributed by atoms with Gasteiger partial charge < -0.3 is 20.3 Å². The molecule has 0 bridgehead atoms. The number of alkyl halides is 6. The van der Waals surface area contributed by atoms with E-state index in [9.17, 15) is 44.3 Å². The summed E-state index contributed by atoms with van der Waals surface area (Å²) in [6, 6.07) is 4.22. The van der Waals surface area contributed by atoms with Crippen LogP contribution in [0.25, 0.3) is 0 Å². The van der Waals surface area contributed by atoms with Gasteiger partial charge in [-0.2, -0.15) is 26.3 Å². The van der Waals surface area contributed by atoms with Crippen molar-refractivity contribution in [1.82, 2.24) is 10.2 Å². The van der Waals surface area contributed by atoms with Crippen molar-refractivity contribution < 1.29 is 49.1 Å². The lowest BCUT2D eigenvalue weighted by Crippen LogP contribution is -2.51. The Kier molecular flexibility index (Phi) is 7.52. The van der Waals surface area contributed by atoms with Gasteiger partial charge in [-0.25, -0.2) is 18.0 Å². The van der Waals surface area contributed by atoms with Crippen molar-refractivity contribution in [2.45, 2.75) is 42.2 Å². The number of halogens is 6. The Morgan fingerprint density at radius 2 is 1.66 bits per heavy atom. The van der Waals surface area contributed by atoms with E-state index in [1.54, 1.807) is 0 Å². The van der Waals surface area contributed by atoms with Gasteiger partial charge >= 0.3 is 24.5 Å². The van der Waals surface area contributed by atoms with E-state index in [1.165, 1.54) is 24.3 Å². The second kappa shape index (κ2) is 9.42. The largest absolute Gasteiger partial charge is 0.434 e. The zero-order valence-corrected chi connectivity index (χ0v) is 17.3. The summed E-state index contributed by atoms with van der Waals surface area (Å²) in [5.41, 5.74) is 0.191. The van der Waals surface area contributed by atoms with Crippen LogP contribution in [0.4, 0.5) is 41.6 Å². The summed E-state index contributed by atoms with van der Waals surface area (Å²) in [5, 5.41) is 4.96. The number of amides is 3. The van der Waals surface area contributed by atoms with Crippen molar-refractivity contribution in [3.8, 4) is 0 Å². The Labute approximate surface area is 178 Å². The number of benzene rings is 1. The minimum absolute atomic E-state index is 0.0156. The van der Waals surface area contributed by atoms with Crippen LogP contribution in [0, 0.1) is 0 Å². The highest BCUT2D eigenvalue weighted by molar-refractivity contribution is 7.90. The first-order valence-electron chi connectivity index (χ1n) is 9.04. The minimum Gasteiger partial charge on any atom is -0.426 e. The fourth-order valence-corrected chi connectivity index (χ4v) is 3.52. The number of hydrogen-bond acceptors (Lipinski definition) is 5. The van der Waals surface area contributed by atoms with E-state index in [0.29, 0.717) is 4.90 Å². The molecule has 180 valence electrons. The molecule has 1 aliphatic rings. The molecule has 0 saturated carbocycles. The third kappa shape index (κ3) is 7.17. The predicted octanol–water partition coefficient (Wildman–Crippen LogP) is 3.31. The van der Waals surface area contributed by atoms with Crippen molar-refractivity contribution in [3.05, 3.63) is 24.3 Å². The summed E-state index contributed by atoms with van der Waals surface area (Å²) >= 11 is 0. The van der Waals surface area contributed by atoms with Gasteiger partial charge in [0.25, 0.3) is 6.10 Å². The molecule has 1 aliphatic heterocycles. The van der Waals surface area contributed by atoms with Gasteiger partial charge in [0.15, 0.2) is 9.84 Å². The van der Waals surface area contributed by atoms with E-state index >= 15 is 0 Å². The van der Waals surface area contributed by atoms with E-state index in [2.05, 4.69) is 15.4 Å². The van der Waals surface area contributed by atoms with Crippen LogP contribution < -0.4 is 10.6 Å². The summed E-state index contributed by atoms with van der Waals surface area (Å²) in [6.45, 7) is -0.481. The number of carbonyl (C=O) groups is 2. The van der Waals surface area contributed by atoms with Gasteiger partial charge in [-0.05, 0) is 31.0 Å². The molecule has 3 amide bonds. The van der Waals surface area contributed by atoms with E-state index < -0.39 is 46.5 Å². The lowest BCUT2D eigenvalue weighted by atomic mass is 10.1. The topological polar surface area (TPSA) is 105 Å². The quantitative estimate of drug-likeness (QED) is 0.629. The van der Waals surface area contributed by atoms with E-state index in [0.717, 1.165) is 6.26 Å². The standard InChI is InChI=1S/C17H19F6N3O5S/c1-32(29,30)12-4-2-3-11(9-12)25-14(27)24-10-5-7-26(8-6-10)15(28)31-13(16(18,19)20)17(21,22)23/h2-4,9-10,13H,5-8H2,1H3,(H2,24,25,27). The number of carbonyl (C=O) groups excluding carboxylic acids is 2. The number of likely N-dealkylation sites (tertiary alicyclic amines) is 1. The number of piperidine rings is 1. The molecule has 0 aromatic heterocycles. The summed E-state index contributed by atoms with van der Waals surface area (Å²) in [4.78, 5) is 24.5. The number of nitrogens with one attached hydrogen (secondary N) is 2. The number of hydrogen-bond donors (Lipinski definition) is 2. The summed E-state index contributed by atoms with van der Waals surface area (Å²) in [5.74, 6) is 0. The molecule has 32 heavy (non-hydrogen) atoms. The highest BCUT2D eigenvalue weighted by atomic mass is 32.2. The average molecular weight is 491 g/mol. The third-order valence-electron chi connectivity index (χ3n) is 4.42. The molecule has 2 rings (SSSR count).